The summed E-state index contributed by atoms with van der Waals surface area (Å²) >= 11 is 0. The molecule has 1 aliphatic rings. The standard InChI is InChI=1S/C17H29N5O.HI/c1-3-18-17(20-13-15-7-4-5-9-19-15)21-14-16-8-6-10-22(16)11-12-23-2;/h4-5,7,9,16H,3,6,8,10-14H2,1-2H3,(H2,18,20,21);1H. The van der Waals surface area contributed by atoms with Gasteiger partial charge >= 0.3 is 0 Å². The molecular formula is C17H30IN5O. The molecule has 7 heteroatoms. The quantitative estimate of drug-likeness (QED) is 0.362. The molecule has 2 N–H and O–H groups in total. The summed E-state index contributed by atoms with van der Waals surface area (Å²) in [6.45, 7) is 7.41. The highest BCUT2D eigenvalue weighted by Crippen LogP contribution is 2.15. The van der Waals surface area contributed by atoms with Crippen molar-refractivity contribution in [1.82, 2.24) is 20.5 Å². The third kappa shape index (κ3) is 7.31. The van der Waals surface area contributed by atoms with Crippen LogP contribution in [0.4, 0.5) is 0 Å². The van der Waals surface area contributed by atoms with Crippen molar-refractivity contribution in [1.29, 1.82) is 0 Å². The van der Waals surface area contributed by atoms with Gasteiger partial charge in [0.25, 0.3) is 0 Å². The Morgan fingerprint density at radius 1 is 1.42 bits per heavy atom. The molecule has 0 bridgehead atoms. The summed E-state index contributed by atoms with van der Waals surface area (Å²) in [6, 6.07) is 6.47. The van der Waals surface area contributed by atoms with E-state index in [-0.39, 0.29) is 24.0 Å². The van der Waals surface area contributed by atoms with E-state index in [4.69, 9.17) is 4.74 Å². The molecule has 6 nitrogen and oxygen atoms in total. The molecule has 0 aliphatic carbocycles. The van der Waals surface area contributed by atoms with Crippen LogP contribution in [0.25, 0.3) is 0 Å². The van der Waals surface area contributed by atoms with Crippen LogP contribution in [0, 0.1) is 0 Å². The number of rotatable bonds is 8. The van der Waals surface area contributed by atoms with Gasteiger partial charge in [0.05, 0.1) is 18.8 Å². The fourth-order valence-electron chi connectivity index (χ4n) is 2.84. The minimum absolute atomic E-state index is 0. The van der Waals surface area contributed by atoms with Gasteiger partial charge in [0.2, 0.25) is 0 Å². The zero-order valence-corrected chi connectivity index (χ0v) is 17.0. The predicted molar refractivity (Wildman–Crippen MR) is 109 cm³/mol. The Balaban J connectivity index is 0.00000288. The molecule has 0 saturated carbocycles. The van der Waals surface area contributed by atoms with E-state index in [0.29, 0.717) is 12.6 Å². The molecule has 1 atom stereocenters. The molecule has 2 heterocycles. The number of guanidine groups is 1. The Labute approximate surface area is 162 Å². The van der Waals surface area contributed by atoms with Crippen molar-refractivity contribution in [2.45, 2.75) is 32.4 Å². The summed E-state index contributed by atoms with van der Waals surface area (Å²) in [7, 11) is 1.76. The van der Waals surface area contributed by atoms with Crippen LogP contribution in [-0.4, -0.2) is 61.8 Å². The van der Waals surface area contributed by atoms with Crippen molar-refractivity contribution < 1.29 is 4.74 Å². The predicted octanol–water partition coefficient (Wildman–Crippen LogP) is 1.87. The zero-order valence-electron chi connectivity index (χ0n) is 14.7. The van der Waals surface area contributed by atoms with Gasteiger partial charge in [-0.2, -0.15) is 0 Å². The second kappa shape index (κ2) is 12.4. The maximum atomic E-state index is 5.20. The fraction of sp³-hybridized carbons (Fsp3) is 0.647. The van der Waals surface area contributed by atoms with Gasteiger partial charge in [-0.05, 0) is 38.4 Å². The lowest BCUT2D eigenvalue weighted by molar-refractivity contribution is 0.141. The lowest BCUT2D eigenvalue weighted by Crippen LogP contribution is -2.45. The number of likely N-dealkylation sites (tertiary alicyclic amines) is 1. The molecule has 2 rings (SSSR count). The van der Waals surface area contributed by atoms with Crippen molar-refractivity contribution in [3.05, 3.63) is 30.1 Å². The van der Waals surface area contributed by atoms with Gasteiger partial charge in [0.1, 0.15) is 0 Å². The van der Waals surface area contributed by atoms with Gasteiger partial charge in [-0.15, -0.1) is 24.0 Å². The maximum Gasteiger partial charge on any atom is 0.191 e. The first-order chi connectivity index (χ1) is 11.3. The number of nitrogens with one attached hydrogen (secondary N) is 2. The van der Waals surface area contributed by atoms with Gasteiger partial charge in [-0.25, -0.2) is 4.99 Å². The Bertz CT molecular complexity index is 471. The topological polar surface area (TPSA) is 61.8 Å². The van der Waals surface area contributed by atoms with E-state index in [1.54, 1.807) is 13.3 Å². The number of methoxy groups -OCH3 is 1. The number of halogens is 1. The lowest BCUT2D eigenvalue weighted by atomic mass is 10.2. The van der Waals surface area contributed by atoms with Crippen molar-refractivity contribution in [2.24, 2.45) is 4.99 Å². The number of aromatic nitrogens is 1. The van der Waals surface area contributed by atoms with Crippen LogP contribution in [0.3, 0.4) is 0 Å². The smallest absolute Gasteiger partial charge is 0.191 e. The summed E-state index contributed by atoms with van der Waals surface area (Å²) in [6.07, 6.45) is 4.30. The highest BCUT2D eigenvalue weighted by molar-refractivity contribution is 14.0. The first kappa shape index (κ1) is 21.1. The van der Waals surface area contributed by atoms with Crippen LogP contribution in [0.5, 0.6) is 0 Å². The molecule has 1 saturated heterocycles. The van der Waals surface area contributed by atoms with Gasteiger partial charge in [0, 0.05) is 39.0 Å². The minimum atomic E-state index is 0. The Hall–Kier alpha value is -0.930. The maximum absolute atomic E-state index is 5.20. The van der Waals surface area contributed by atoms with Crippen molar-refractivity contribution in [2.75, 3.05) is 39.9 Å². The molecule has 0 aromatic carbocycles. The number of pyridine rings is 1. The van der Waals surface area contributed by atoms with E-state index in [1.807, 2.05) is 18.2 Å². The molecule has 0 amide bonds. The second-order valence-corrected chi connectivity index (χ2v) is 5.72. The molecule has 1 aromatic heterocycles. The molecule has 136 valence electrons. The Morgan fingerprint density at radius 3 is 3.00 bits per heavy atom. The zero-order chi connectivity index (χ0) is 16.3. The molecule has 1 unspecified atom stereocenters. The van der Waals surface area contributed by atoms with E-state index >= 15 is 0 Å². The molecule has 1 fully saturated rings. The van der Waals surface area contributed by atoms with Gasteiger partial charge < -0.3 is 15.4 Å². The van der Waals surface area contributed by atoms with Crippen LogP contribution in [0.1, 0.15) is 25.5 Å². The third-order valence-electron chi connectivity index (χ3n) is 4.06. The van der Waals surface area contributed by atoms with Crippen LogP contribution in [-0.2, 0) is 11.3 Å². The summed E-state index contributed by atoms with van der Waals surface area (Å²) in [4.78, 5) is 11.4. The average Bonchev–Trinajstić information content (AvgIpc) is 3.04. The molecule has 1 aromatic rings. The van der Waals surface area contributed by atoms with E-state index in [1.165, 1.54) is 12.8 Å². The molecule has 24 heavy (non-hydrogen) atoms. The van der Waals surface area contributed by atoms with E-state index in [2.05, 4.69) is 32.4 Å². The van der Waals surface area contributed by atoms with E-state index in [9.17, 15) is 0 Å². The van der Waals surface area contributed by atoms with E-state index in [0.717, 1.165) is 44.4 Å². The second-order valence-electron chi connectivity index (χ2n) is 5.72. The van der Waals surface area contributed by atoms with Crippen LogP contribution < -0.4 is 10.6 Å². The summed E-state index contributed by atoms with van der Waals surface area (Å²) < 4.78 is 5.20. The summed E-state index contributed by atoms with van der Waals surface area (Å²) in [5, 5.41) is 6.77. The monoisotopic (exact) mass is 447 g/mol. The number of nitrogens with zero attached hydrogens (tertiary/aromatic N) is 3. The van der Waals surface area contributed by atoms with Gasteiger partial charge in [-0.1, -0.05) is 6.07 Å². The van der Waals surface area contributed by atoms with E-state index < -0.39 is 0 Å². The van der Waals surface area contributed by atoms with Crippen LogP contribution in [0.2, 0.25) is 0 Å². The molecule has 1 aliphatic heterocycles. The lowest BCUT2D eigenvalue weighted by Gasteiger charge is -2.25. The average molecular weight is 447 g/mol. The van der Waals surface area contributed by atoms with Crippen molar-refractivity contribution in [3.63, 3.8) is 0 Å². The van der Waals surface area contributed by atoms with Crippen molar-refractivity contribution >= 4 is 29.9 Å². The number of hydrogen-bond acceptors (Lipinski definition) is 4. The van der Waals surface area contributed by atoms with Crippen LogP contribution in [0.15, 0.2) is 29.4 Å². The molecule has 0 radical (unpaired) electrons. The van der Waals surface area contributed by atoms with Crippen molar-refractivity contribution in [3.8, 4) is 0 Å². The SMILES string of the molecule is CCNC(=NCc1ccccn1)NCC1CCCN1CCOC.I. The normalized spacial score (nSPS) is 18.2. The largest absolute Gasteiger partial charge is 0.383 e. The van der Waals surface area contributed by atoms with Gasteiger partial charge in [0.15, 0.2) is 5.96 Å². The first-order valence-corrected chi connectivity index (χ1v) is 8.48. The summed E-state index contributed by atoms with van der Waals surface area (Å²) in [5.41, 5.74) is 0.979. The highest BCUT2D eigenvalue weighted by atomic mass is 127. The summed E-state index contributed by atoms with van der Waals surface area (Å²) in [5.74, 6) is 0.858. The minimum Gasteiger partial charge on any atom is -0.383 e. The number of ether oxygens (including phenoxy) is 1. The number of aliphatic imine (C=N–C) groups is 1. The number of hydrogen-bond donors (Lipinski definition) is 2. The fourth-order valence-corrected chi connectivity index (χ4v) is 2.84. The molecular weight excluding hydrogens is 417 g/mol. The highest BCUT2D eigenvalue weighted by Gasteiger charge is 2.23. The van der Waals surface area contributed by atoms with Crippen LogP contribution >= 0.6 is 24.0 Å². The van der Waals surface area contributed by atoms with Gasteiger partial charge in [-0.3, -0.25) is 9.88 Å². The Morgan fingerprint density at radius 2 is 2.29 bits per heavy atom. The third-order valence-corrected chi connectivity index (χ3v) is 4.06. The first-order valence-electron chi connectivity index (χ1n) is 8.48. The molecule has 0 spiro atoms. The Kier molecular flexibility index (Phi) is 10.9.